The van der Waals surface area contributed by atoms with Gasteiger partial charge in [0, 0.05) is 18.4 Å². The Morgan fingerprint density at radius 3 is 2.94 bits per heavy atom. The van der Waals surface area contributed by atoms with Crippen molar-refractivity contribution in [3.8, 4) is 0 Å². The number of hydrogen-bond acceptors (Lipinski definition) is 4. The van der Waals surface area contributed by atoms with Gasteiger partial charge in [-0.15, -0.1) is 0 Å². The zero-order valence-electron chi connectivity index (χ0n) is 10.7. The van der Waals surface area contributed by atoms with Gasteiger partial charge in [-0.1, -0.05) is 6.42 Å². The summed E-state index contributed by atoms with van der Waals surface area (Å²) >= 11 is 2.01. The van der Waals surface area contributed by atoms with E-state index in [0.717, 1.165) is 38.0 Å². The van der Waals surface area contributed by atoms with Crippen molar-refractivity contribution >= 4 is 11.8 Å². The summed E-state index contributed by atoms with van der Waals surface area (Å²) < 4.78 is 5.56. The van der Waals surface area contributed by atoms with E-state index in [4.69, 9.17) is 10.5 Å². The molecule has 4 atom stereocenters. The van der Waals surface area contributed by atoms with Crippen molar-refractivity contribution in [1.82, 2.24) is 0 Å². The summed E-state index contributed by atoms with van der Waals surface area (Å²) in [7, 11) is 0. The second-order valence-corrected chi connectivity index (χ2v) is 6.81. The highest BCUT2D eigenvalue weighted by atomic mass is 32.2. The molecule has 2 fully saturated rings. The number of ether oxygens (including phenoxy) is 1. The predicted molar refractivity (Wildman–Crippen MR) is 72.2 cm³/mol. The van der Waals surface area contributed by atoms with Crippen molar-refractivity contribution in [3.05, 3.63) is 0 Å². The van der Waals surface area contributed by atoms with Gasteiger partial charge in [0.1, 0.15) is 0 Å². The third-order valence-corrected chi connectivity index (χ3v) is 5.90. The van der Waals surface area contributed by atoms with E-state index in [2.05, 4.69) is 6.92 Å². The van der Waals surface area contributed by atoms with Crippen LogP contribution in [0.1, 0.15) is 39.0 Å². The molecule has 0 bridgehead atoms. The molecule has 2 rings (SSSR count). The van der Waals surface area contributed by atoms with Gasteiger partial charge in [-0.2, -0.15) is 11.8 Å². The van der Waals surface area contributed by atoms with Crippen LogP contribution in [0.2, 0.25) is 0 Å². The molecular formula is C13H25NO2S. The maximum atomic E-state index is 10.3. The summed E-state index contributed by atoms with van der Waals surface area (Å²) in [6.07, 6.45) is 5.84. The smallest absolute Gasteiger partial charge is 0.0797 e. The SMILES string of the molecule is CC1OCCC1SCCC1CCCC1(O)CN. The van der Waals surface area contributed by atoms with Gasteiger partial charge in [-0.25, -0.2) is 0 Å². The first kappa shape index (κ1) is 13.7. The fourth-order valence-corrected chi connectivity index (χ4v) is 4.44. The van der Waals surface area contributed by atoms with Gasteiger partial charge in [0.05, 0.1) is 11.7 Å². The van der Waals surface area contributed by atoms with E-state index in [1.165, 1.54) is 6.42 Å². The molecule has 0 aromatic carbocycles. The third-order valence-electron chi connectivity index (χ3n) is 4.38. The predicted octanol–water partition coefficient (Wildman–Crippen LogP) is 1.78. The summed E-state index contributed by atoms with van der Waals surface area (Å²) in [5.74, 6) is 1.54. The van der Waals surface area contributed by atoms with E-state index in [1.54, 1.807) is 0 Å². The second kappa shape index (κ2) is 5.91. The highest BCUT2D eigenvalue weighted by Gasteiger charge is 2.39. The zero-order valence-corrected chi connectivity index (χ0v) is 11.5. The summed E-state index contributed by atoms with van der Waals surface area (Å²) in [6.45, 7) is 3.50. The lowest BCUT2D eigenvalue weighted by molar-refractivity contribution is 0.0103. The van der Waals surface area contributed by atoms with E-state index in [9.17, 15) is 5.11 Å². The van der Waals surface area contributed by atoms with Crippen molar-refractivity contribution in [2.24, 2.45) is 11.7 Å². The van der Waals surface area contributed by atoms with Crippen LogP contribution in [0, 0.1) is 5.92 Å². The molecule has 1 aliphatic carbocycles. The van der Waals surface area contributed by atoms with Gasteiger partial charge in [0.25, 0.3) is 0 Å². The van der Waals surface area contributed by atoms with Crippen molar-refractivity contribution in [3.63, 3.8) is 0 Å². The number of nitrogens with two attached hydrogens (primary N) is 1. The average molecular weight is 259 g/mol. The van der Waals surface area contributed by atoms with Gasteiger partial charge in [0.2, 0.25) is 0 Å². The van der Waals surface area contributed by atoms with Crippen LogP contribution >= 0.6 is 11.8 Å². The first-order valence-corrected chi connectivity index (χ1v) is 7.86. The summed E-state index contributed by atoms with van der Waals surface area (Å²) in [5, 5.41) is 11.0. The molecule has 3 nitrogen and oxygen atoms in total. The summed E-state index contributed by atoms with van der Waals surface area (Å²) in [5.41, 5.74) is 5.13. The minimum atomic E-state index is -0.571. The maximum Gasteiger partial charge on any atom is 0.0797 e. The van der Waals surface area contributed by atoms with Crippen molar-refractivity contribution < 1.29 is 9.84 Å². The number of hydrogen-bond donors (Lipinski definition) is 2. The Hall–Kier alpha value is 0.230. The molecule has 0 aromatic heterocycles. The Morgan fingerprint density at radius 2 is 2.29 bits per heavy atom. The highest BCUT2D eigenvalue weighted by Crippen LogP contribution is 2.38. The lowest BCUT2D eigenvalue weighted by Crippen LogP contribution is -2.41. The normalized spacial score (nSPS) is 42.2. The van der Waals surface area contributed by atoms with Gasteiger partial charge in [-0.05, 0) is 44.3 Å². The molecule has 0 spiro atoms. The first-order valence-electron chi connectivity index (χ1n) is 6.81. The van der Waals surface area contributed by atoms with Crippen LogP contribution in [0.15, 0.2) is 0 Å². The largest absolute Gasteiger partial charge is 0.388 e. The molecule has 1 saturated heterocycles. The molecule has 100 valence electrons. The third kappa shape index (κ3) is 3.16. The number of thioether (sulfide) groups is 1. The fourth-order valence-electron chi connectivity index (χ4n) is 3.10. The van der Waals surface area contributed by atoms with E-state index < -0.39 is 5.60 Å². The molecule has 1 heterocycles. The molecule has 4 heteroatoms. The van der Waals surface area contributed by atoms with Crippen LogP contribution in [0.4, 0.5) is 0 Å². The lowest BCUT2D eigenvalue weighted by atomic mass is 9.89. The molecule has 1 saturated carbocycles. The molecule has 2 aliphatic rings. The van der Waals surface area contributed by atoms with Crippen molar-refractivity contribution in [2.45, 2.75) is 56.0 Å². The van der Waals surface area contributed by atoms with Crippen LogP contribution in [-0.4, -0.2) is 41.0 Å². The Labute approximate surface area is 108 Å². The molecule has 3 N–H and O–H groups in total. The van der Waals surface area contributed by atoms with E-state index in [1.807, 2.05) is 11.8 Å². The van der Waals surface area contributed by atoms with Crippen LogP contribution in [0.3, 0.4) is 0 Å². The van der Waals surface area contributed by atoms with Crippen molar-refractivity contribution in [1.29, 1.82) is 0 Å². The molecule has 0 aromatic rings. The van der Waals surface area contributed by atoms with Gasteiger partial charge >= 0.3 is 0 Å². The number of aliphatic hydroxyl groups is 1. The quantitative estimate of drug-likeness (QED) is 0.790. The van der Waals surface area contributed by atoms with E-state index >= 15 is 0 Å². The standard InChI is InChI=1S/C13H25NO2S/c1-10-12(4-7-16-10)17-8-5-11-3-2-6-13(11,15)9-14/h10-12,15H,2-9,14H2,1H3. The fraction of sp³-hybridized carbons (Fsp3) is 1.00. The topological polar surface area (TPSA) is 55.5 Å². The molecule has 0 radical (unpaired) electrons. The molecular weight excluding hydrogens is 234 g/mol. The highest BCUT2D eigenvalue weighted by molar-refractivity contribution is 7.99. The van der Waals surface area contributed by atoms with Crippen LogP contribution in [-0.2, 0) is 4.74 Å². The minimum Gasteiger partial charge on any atom is -0.388 e. The minimum absolute atomic E-state index is 0.400. The van der Waals surface area contributed by atoms with Gasteiger partial charge in [0.15, 0.2) is 0 Å². The van der Waals surface area contributed by atoms with E-state index in [-0.39, 0.29) is 0 Å². The van der Waals surface area contributed by atoms with Crippen LogP contribution < -0.4 is 5.73 Å². The van der Waals surface area contributed by atoms with Crippen molar-refractivity contribution in [2.75, 3.05) is 18.9 Å². The molecule has 0 amide bonds. The molecule has 1 aliphatic heterocycles. The molecule has 17 heavy (non-hydrogen) atoms. The Balaban J connectivity index is 1.71. The Bertz CT molecular complexity index is 252. The lowest BCUT2D eigenvalue weighted by Gasteiger charge is -2.28. The van der Waals surface area contributed by atoms with Crippen LogP contribution in [0.25, 0.3) is 0 Å². The summed E-state index contributed by atoms with van der Waals surface area (Å²) in [6, 6.07) is 0. The first-order chi connectivity index (χ1) is 8.15. The van der Waals surface area contributed by atoms with Crippen LogP contribution in [0.5, 0.6) is 0 Å². The Morgan fingerprint density at radius 1 is 1.47 bits per heavy atom. The summed E-state index contributed by atoms with van der Waals surface area (Å²) in [4.78, 5) is 0. The Kier molecular flexibility index (Phi) is 4.75. The average Bonchev–Trinajstić information content (AvgIpc) is 2.88. The van der Waals surface area contributed by atoms with Gasteiger partial charge in [-0.3, -0.25) is 0 Å². The number of rotatable bonds is 5. The van der Waals surface area contributed by atoms with E-state index in [0.29, 0.717) is 23.8 Å². The second-order valence-electron chi connectivity index (χ2n) is 5.46. The molecule has 4 unspecified atom stereocenters. The maximum absolute atomic E-state index is 10.3. The van der Waals surface area contributed by atoms with Gasteiger partial charge < -0.3 is 15.6 Å². The zero-order chi connectivity index (χ0) is 12.3. The monoisotopic (exact) mass is 259 g/mol.